The molecule has 0 bridgehead atoms. The Balaban J connectivity index is 1.80. The van der Waals surface area contributed by atoms with E-state index in [1.807, 2.05) is 0 Å². The van der Waals surface area contributed by atoms with E-state index in [1.165, 1.54) is 80.9 Å². The quantitative estimate of drug-likeness (QED) is 0.502. The first kappa shape index (κ1) is 16.3. The van der Waals surface area contributed by atoms with Crippen LogP contribution < -0.4 is 0 Å². The molecule has 1 nitrogen and oxygen atoms in total. The van der Waals surface area contributed by atoms with Crippen LogP contribution in [0.1, 0.15) is 75.3 Å². The van der Waals surface area contributed by atoms with Gasteiger partial charge in [0.05, 0.1) is 12.7 Å². The monoisotopic (exact) mass is 362 g/mol. The molecule has 0 saturated carbocycles. The van der Waals surface area contributed by atoms with Crippen molar-refractivity contribution < 1.29 is 4.74 Å². The second-order valence-corrected chi connectivity index (χ2v) is 7.58. The molecule has 3 rings (SSSR count). The van der Waals surface area contributed by atoms with Crippen LogP contribution in [0.25, 0.3) is 5.57 Å². The number of ether oxygens (including phenoxy) is 1. The third-order valence-corrected chi connectivity index (χ3v) is 5.44. The number of allylic oxidation sites excluding steroid dienone is 1. The maximum absolute atomic E-state index is 6.21. The second-order valence-electron chi connectivity index (χ2n) is 6.67. The lowest BCUT2D eigenvalue weighted by molar-refractivity contribution is 0.0640. The Hall–Kier alpha value is -0.600. The molecular formula is C20H27BrO. The summed E-state index contributed by atoms with van der Waals surface area (Å²) in [5.74, 6) is 0. The predicted octanol–water partition coefficient (Wildman–Crippen LogP) is 6.65. The standard InChI is InChI=1S/C20H27BrO/c21-17-12-13-18-16(14-17)15-22-20-11-9-7-5-3-1-2-4-6-8-10-19(18)20/h10,12-14,20H,1-9,11,15H2/b19-10-. The molecule has 0 radical (unpaired) electrons. The summed E-state index contributed by atoms with van der Waals surface area (Å²) in [6.07, 6.45) is 16.2. The summed E-state index contributed by atoms with van der Waals surface area (Å²) in [7, 11) is 0. The number of halogens is 1. The molecule has 22 heavy (non-hydrogen) atoms. The molecule has 0 spiro atoms. The van der Waals surface area contributed by atoms with Crippen molar-refractivity contribution in [3.05, 3.63) is 39.9 Å². The van der Waals surface area contributed by atoms with Gasteiger partial charge in [0, 0.05) is 4.47 Å². The van der Waals surface area contributed by atoms with Gasteiger partial charge in [-0.1, -0.05) is 73.0 Å². The van der Waals surface area contributed by atoms with Gasteiger partial charge in [-0.05, 0) is 48.1 Å². The highest BCUT2D eigenvalue weighted by molar-refractivity contribution is 9.10. The van der Waals surface area contributed by atoms with Crippen LogP contribution in [0.3, 0.4) is 0 Å². The van der Waals surface area contributed by atoms with Gasteiger partial charge in [-0.15, -0.1) is 0 Å². The normalized spacial score (nSPS) is 26.4. The summed E-state index contributed by atoms with van der Waals surface area (Å²) < 4.78 is 7.36. The minimum absolute atomic E-state index is 0.314. The molecule has 1 aromatic carbocycles. The van der Waals surface area contributed by atoms with Gasteiger partial charge in [0.2, 0.25) is 0 Å². The molecule has 120 valence electrons. The van der Waals surface area contributed by atoms with Crippen LogP contribution in [0.4, 0.5) is 0 Å². The van der Waals surface area contributed by atoms with Crippen LogP contribution in [0, 0.1) is 0 Å². The minimum atomic E-state index is 0.314. The van der Waals surface area contributed by atoms with E-state index < -0.39 is 0 Å². The van der Waals surface area contributed by atoms with E-state index in [1.54, 1.807) is 0 Å². The molecule has 1 unspecified atom stereocenters. The van der Waals surface area contributed by atoms with E-state index >= 15 is 0 Å². The second kappa shape index (κ2) is 8.31. The van der Waals surface area contributed by atoms with Crippen LogP contribution in [0.2, 0.25) is 0 Å². The van der Waals surface area contributed by atoms with Crippen molar-refractivity contribution in [3.8, 4) is 0 Å². The first-order valence-corrected chi connectivity index (χ1v) is 9.74. The first-order chi connectivity index (χ1) is 10.8. The third kappa shape index (κ3) is 4.23. The molecule has 2 heteroatoms. The Morgan fingerprint density at radius 2 is 1.64 bits per heavy atom. The fourth-order valence-electron chi connectivity index (χ4n) is 3.69. The summed E-state index contributed by atoms with van der Waals surface area (Å²) in [6, 6.07) is 6.66. The van der Waals surface area contributed by atoms with Gasteiger partial charge < -0.3 is 4.74 Å². The van der Waals surface area contributed by atoms with E-state index in [0.29, 0.717) is 6.10 Å². The molecular weight excluding hydrogens is 336 g/mol. The van der Waals surface area contributed by atoms with E-state index in [0.717, 1.165) is 11.1 Å². The van der Waals surface area contributed by atoms with Gasteiger partial charge in [0.1, 0.15) is 0 Å². The summed E-state index contributed by atoms with van der Waals surface area (Å²) in [5, 5.41) is 0. The van der Waals surface area contributed by atoms with Gasteiger partial charge in [0.15, 0.2) is 0 Å². The highest BCUT2D eigenvalue weighted by Gasteiger charge is 2.24. The van der Waals surface area contributed by atoms with Crippen molar-refractivity contribution in [3.63, 3.8) is 0 Å². The minimum Gasteiger partial charge on any atom is -0.369 e. The molecule has 0 aromatic heterocycles. The van der Waals surface area contributed by atoms with Crippen molar-refractivity contribution in [1.29, 1.82) is 0 Å². The van der Waals surface area contributed by atoms with Crippen LogP contribution in [-0.4, -0.2) is 6.10 Å². The average Bonchev–Trinajstić information content (AvgIpc) is 2.55. The Morgan fingerprint density at radius 1 is 0.909 bits per heavy atom. The van der Waals surface area contributed by atoms with Crippen molar-refractivity contribution in [2.75, 3.05) is 0 Å². The highest BCUT2D eigenvalue weighted by atomic mass is 79.9. The number of benzene rings is 1. The summed E-state index contributed by atoms with van der Waals surface area (Å²) in [6.45, 7) is 0.761. The maximum atomic E-state index is 6.21. The molecule has 0 N–H and O–H groups in total. The molecule has 0 fully saturated rings. The number of hydrogen-bond acceptors (Lipinski definition) is 1. The zero-order valence-corrected chi connectivity index (χ0v) is 15.0. The molecule has 2 aliphatic rings. The van der Waals surface area contributed by atoms with Crippen LogP contribution in [0.15, 0.2) is 28.7 Å². The Labute approximate surface area is 143 Å². The molecule has 1 aromatic rings. The van der Waals surface area contributed by atoms with Crippen molar-refractivity contribution >= 4 is 21.5 Å². The fourth-order valence-corrected chi connectivity index (χ4v) is 4.10. The number of fused-ring (bicyclic) bond motifs is 3. The first-order valence-electron chi connectivity index (χ1n) is 8.95. The zero-order chi connectivity index (χ0) is 15.2. The number of rotatable bonds is 0. The maximum Gasteiger partial charge on any atom is 0.0832 e. The molecule has 0 saturated heterocycles. The van der Waals surface area contributed by atoms with Gasteiger partial charge in [0.25, 0.3) is 0 Å². The van der Waals surface area contributed by atoms with E-state index in [4.69, 9.17) is 4.74 Å². The predicted molar refractivity (Wildman–Crippen MR) is 96.9 cm³/mol. The Bertz CT molecular complexity index is 520. The lowest BCUT2D eigenvalue weighted by Gasteiger charge is -2.29. The largest absolute Gasteiger partial charge is 0.369 e. The van der Waals surface area contributed by atoms with Crippen LogP contribution in [0.5, 0.6) is 0 Å². The molecule has 1 heterocycles. The SMILES string of the molecule is Brc1ccc2c(c1)COC1CCCCCCCCCC/C=C/21. The Kier molecular flexibility index (Phi) is 6.14. The lowest BCUT2D eigenvalue weighted by atomic mass is 9.89. The summed E-state index contributed by atoms with van der Waals surface area (Å²) in [5.41, 5.74) is 4.21. The third-order valence-electron chi connectivity index (χ3n) is 4.95. The fraction of sp³-hybridized carbons (Fsp3) is 0.600. The van der Waals surface area contributed by atoms with Crippen molar-refractivity contribution in [2.45, 2.75) is 76.9 Å². The van der Waals surface area contributed by atoms with E-state index in [-0.39, 0.29) is 0 Å². The van der Waals surface area contributed by atoms with E-state index in [9.17, 15) is 0 Å². The smallest absolute Gasteiger partial charge is 0.0832 e. The molecule has 1 atom stereocenters. The van der Waals surface area contributed by atoms with Crippen molar-refractivity contribution in [2.24, 2.45) is 0 Å². The summed E-state index contributed by atoms with van der Waals surface area (Å²) in [4.78, 5) is 0. The van der Waals surface area contributed by atoms with Crippen molar-refractivity contribution in [1.82, 2.24) is 0 Å². The molecule has 1 aliphatic heterocycles. The van der Waals surface area contributed by atoms with Gasteiger partial charge >= 0.3 is 0 Å². The number of hydrogen-bond donors (Lipinski definition) is 0. The van der Waals surface area contributed by atoms with Crippen LogP contribution in [-0.2, 0) is 11.3 Å². The van der Waals surface area contributed by atoms with Gasteiger partial charge in [-0.2, -0.15) is 0 Å². The highest BCUT2D eigenvalue weighted by Crippen LogP contribution is 2.35. The van der Waals surface area contributed by atoms with Gasteiger partial charge in [-0.3, -0.25) is 0 Å². The summed E-state index contributed by atoms with van der Waals surface area (Å²) >= 11 is 3.58. The molecule has 1 aliphatic carbocycles. The topological polar surface area (TPSA) is 9.23 Å². The molecule has 0 amide bonds. The Morgan fingerprint density at radius 3 is 2.45 bits per heavy atom. The van der Waals surface area contributed by atoms with Gasteiger partial charge in [-0.25, -0.2) is 0 Å². The van der Waals surface area contributed by atoms with Crippen LogP contribution >= 0.6 is 15.9 Å². The average molecular weight is 363 g/mol. The van der Waals surface area contributed by atoms with E-state index in [2.05, 4.69) is 40.2 Å². The zero-order valence-electron chi connectivity index (χ0n) is 13.5. The lowest BCUT2D eigenvalue weighted by Crippen LogP contribution is -2.21.